The fourth-order valence-corrected chi connectivity index (χ4v) is 5.05. The van der Waals surface area contributed by atoms with Crippen molar-refractivity contribution in [1.82, 2.24) is 19.8 Å². The van der Waals surface area contributed by atoms with Crippen LogP contribution in [0.15, 0.2) is 6.20 Å². The highest BCUT2D eigenvalue weighted by atomic mass is 16.2. The first-order chi connectivity index (χ1) is 13.6. The molecule has 2 amide bonds. The third-order valence-electron chi connectivity index (χ3n) is 6.70. The minimum Gasteiger partial charge on any atom is -0.338 e. The number of fused-ring (bicyclic) bond motifs is 1. The Morgan fingerprint density at radius 1 is 1.07 bits per heavy atom. The monoisotopic (exact) mass is 384 g/mol. The van der Waals surface area contributed by atoms with Gasteiger partial charge in [0.2, 0.25) is 11.8 Å². The molecule has 0 radical (unpaired) electrons. The van der Waals surface area contributed by atoms with Crippen LogP contribution in [0.4, 0.5) is 0 Å². The molecule has 1 aliphatic carbocycles. The summed E-state index contributed by atoms with van der Waals surface area (Å²) in [5.74, 6) is 1.74. The van der Waals surface area contributed by atoms with Gasteiger partial charge in [0.05, 0.1) is 11.7 Å². The first-order valence-electron chi connectivity index (χ1n) is 11.0. The second kappa shape index (κ2) is 8.58. The lowest BCUT2D eigenvalue weighted by molar-refractivity contribution is -0.134. The predicted octanol–water partition coefficient (Wildman–Crippen LogP) is 3.41. The minimum absolute atomic E-state index is 0.00233. The van der Waals surface area contributed by atoms with Crippen LogP contribution in [0.5, 0.6) is 0 Å². The van der Waals surface area contributed by atoms with Gasteiger partial charge in [0.15, 0.2) is 5.82 Å². The highest BCUT2D eigenvalue weighted by Crippen LogP contribution is 2.31. The molecule has 2 aliphatic heterocycles. The van der Waals surface area contributed by atoms with Crippen molar-refractivity contribution in [3.05, 3.63) is 23.3 Å². The number of likely N-dealkylation sites (tertiary alicyclic amines) is 1. The largest absolute Gasteiger partial charge is 0.338 e. The molecule has 1 aromatic heterocycles. The molecule has 6 nitrogen and oxygen atoms in total. The van der Waals surface area contributed by atoms with Crippen molar-refractivity contribution < 1.29 is 9.59 Å². The van der Waals surface area contributed by atoms with Crippen molar-refractivity contribution in [3.63, 3.8) is 0 Å². The molecule has 152 valence electrons. The third kappa shape index (κ3) is 4.20. The summed E-state index contributed by atoms with van der Waals surface area (Å²) < 4.78 is 0. The molecule has 0 aromatic carbocycles. The normalized spacial score (nSPS) is 23.4. The maximum Gasteiger partial charge on any atom is 0.223 e. The molecule has 3 heterocycles. The van der Waals surface area contributed by atoms with E-state index in [4.69, 9.17) is 4.98 Å². The number of carbonyl (C=O) groups excluding carboxylic acids is 2. The Kier molecular flexibility index (Phi) is 5.93. The molecule has 0 bridgehead atoms. The van der Waals surface area contributed by atoms with Gasteiger partial charge in [-0.15, -0.1) is 0 Å². The van der Waals surface area contributed by atoms with Crippen molar-refractivity contribution in [1.29, 1.82) is 0 Å². The van der Waals surface area contributed by atoms with E-state index in [9.17, 15) is 9.59 Å². The number of aromatic nitrogens is 2. The summed E-state index contributed by atoms with van der Waals surface area (Å²) in [6, 6.07) is 0.00233. The maximum absolute atomic E-state index is 12.7. The fraction of sp³-hybridized carbons (Fsp3) is 0.727. The van der Waals surface area contributed by atoms with Crippen LogP contribution in [0.3, 0.4) is 0 Å². The molecule has 1 atom stereocenters. The van der Waals surface area contributed by atoms with Gasteiger partial charge in [0, 0.05) is 51.2 Å². The Morgan fingerprint density at radius 2 is 1.86 bits per heavy atom. The molecule has 6 heteroatoms. The van der Waals surface area contributed by atoms with Crippen molar-refractivity contribution in [3.8, 4) is 0 Å². The second-order valence-electron chi connectivity index (χ2n) is 8.70. The van der Waals surface area contributed by atoms with Crippen LogP contribution in [-0.2, 0) is 22.6 Å². The standard InChI is InChI=1S/C22H32N4O2/c1-16(27)26-11-6-5-9-20(26)22-23-14-18-15-25(12-10-19(18)24-22)21(28)13-17-7-3-2-4-8-17/h14,17,20H,2-13,15H2,1H3. The van der Waals surface area contributed by atoms with Crippen LogP contribution >= 0.6 is 0 Å². The van der Waals surface area contributed by atoms with E-state index in [-0.39, 0.29) is 17.9 Å². The quantitative estimate of drug-likeness (QED) is 0.801. The molecule has 1 aromatic rings. The number of nitrogens with zero attached hydrogens (tertiary/aromatic N) is 4. The summed E-state index contributed by atoms with van der Waals surface area (Å²) in [4.78, 5) is 38.1. The van der Waals surface area contributed by atoms with Gasteiger partial charge < -0.3 is 9.80 Å². The van der Waals surface area contributed by atoms with Crippen LogP contribution in [-0.4, -0.2) is 44.7 Å². The molecule has 1 saturated heterocycles. The predicted molar refractivity (Wildman–Crippen MR) is 106 cm³/mol. The lowest BCUT2D eigenvalue weighted by atomic mass is 9.86. The number of carbonyl (C=O) groups is 2. The molecular formula is C22H32N4O2. The van der Waals surface area contributed by atoms with Gasteiger partial charge >= 0.3 is 0 Å². The highest BCUT2D eigenvalue weighted by Gasteiger charge is 2.30. The Morgan fingerprint density at radius 3 is 2.64 bits per heavy atom. The molecule has 1 unspecified atom stereocenters. The summed E-state index contributed by atoms with van der Waals surface area (Å²) >= 11 is 0. The van der Waals surface area contributed by atoms with Gasteiger partial charge in [-0.2, -0.15) is 0 Å². The third-order valence-corrected chi connectivity index (χ3v) is 6.70. The van der Waals surface area contributed by atoms with Crippen molar-refractivity contribution >= 4 is 11.8 Å². The first kappa shape index (κ1) is 19.3. The van der Waals surface area contributed by atoms with Crippen molar-refractivity contribution in [2.24, 2.45) is 5.92 Å². The Hall–Kier alpha value is -1.98. The Bertz CT molecular complexity index is 729. The summed E-state index contributed by atoms with van der Waals surface area (Å²) in [5, 5.41) is 0. The number of rotatable bonds is 3. The average Bonchev–Trinajstić information content (AvgIpc) is 2.73. The molecule has 0 N–H and O–H groups in total. The highest BCUT2D eigenvalue weighted by molar-refractivity contribution is 5.76. The molecule has 28 heavy (non-hydrogen) atoms. The molecule has 3 aliphatic rings. The average molecular weight is 385 g/mol. The van der Waals surface area contributed by atoms with E-state index in [1.54, 1.807) is 6.92 Å². The number of hydrogen-bond acceptors (Lipinski definition) is 4. The summed E-state index contributed by atoms with van der Waals surface area (Å²) in [6.45, 7) is 3.80. The van der Waals surface area contributed by atoms with E-state index < -0.39 is 0 Å². The summed E-state index contributed by atoms with van der Waals surface area (Å²) in [5.41, 5.74) is 2.12. The van der Waals surface area contributed by atoms with Crippen LogP contribution < -0.4 is 0 Å². The van der Waals surface area contributed by atoms with E-state index in [1.807, 2.05) is 16.0 Å². The first-order valence-corrected chi connectivity index (χ1v) is 11.0. The SMILES string of the molecule is CC(=O)N1CCCCC1c1ncc2c(n1)CCN(C(=O)CC1CCCCC1)C2. The zero-order valence-corrected chi connectivity index (χ0v) is 17.0. The fourth-order valence-electron chi connectivity index (χ4n) is 5.05. The molecule has 1 saturated carbocycles. The second-order valence-corrected chi connectivity index (χ2v) is 8.70. The molecular weight excluding hydrogens is 352 g/mol. The Balaban J connectivity index is 1.42. The smallest absolute Gasteiger partial charge is 0.223 e. The zero-order valence-electron chi connectivity index (χ0n) is 17.0. The van der Waals surface area contributed by atoms with Gasteiger partial charge in [-0.05, 0) is 38.0 Å². The van der Waals surface area contributed by atoms with E-state index in [0.717, 1.165) is 55.9 Å². The van der Waals surface area contributed by atoms with Crippen LogP contribution in [0.2, 0.25) is 0 Å². The summed E-state index contributed by atoms with van der Waals surface area (Å²) in [7, 11) is 0. The van der Waals surface area contributed by atoms with Gasteiger partial charge in [0.1, 0.15) is 0 Å². The molecule has 0 spiro atoms. The topological polar surface area (TPSA) is 66.4 Å². The minimum atomic E-state index is 0.00233. The summed E-state index contributed by atoms with van der Waals surface area (Å²) in [6.07, 6.45) is 12.8. The lowest BCUT2D eigenvalue weighted by Gasteiger charge is -2.35. The van der Waals surface area contributed by atoms with E-state index in [2.05, 4.69) is 4.98 Å². The number of piperidine rings is 1. The van der Waals surface area contributed by atoms with Gasteiger partial charge in [-0.1, -0.05) is 19.3 Å². The van der Waals surface area contributed by atoms with E-state index >= 15 is 0 Å². The van der Waals surface area contributed by atoms with Gasteiger partial charge in [-0.25, -0.2) is 9.97 Å². The van der Waals surface area contributed by atoms with E-state index in [0.29, 0.717) is 18.9 Å². The van der Waals surface area contributed by atoms with Crippen molar-refractivity contribution in [2.45, 2.75) is 83.7 Å². The van der Waals surface area contributed by atoms with Crippen LogP contribution in [0.1, 0.15) is 87.8 Å². The van der Waals surface area contributed by atoms with Gasteiger partial charge in [0.25, 0.3) is 0 Å². The Labute approximate surface area is 167 Å². The van der Waals surface area contributed by atoms with Crippen molar-refractivity contribution in [2.75, 3.05) is 13.1 Å². The molecule has 4 rings (SSSR count). The van der Waals surface area contributed by atoms with Crippen LogP contribution in [0, 0.1) is 5.92 Å². The zero-order chi connectivity index (χ0) is 19.5. The maximum atomic E-state index is 12.7. The number of amides is 2. The lowest BCUT2D eigenvalue weighted by Crippen LogP contribution is -2.39. The van der Waals surface area contributed by atoms with E-state index in [1.165, 1.54) is 32.1 Å². The number of hydrogen-bond donors (Lipinski definition) is 0. The van der Waals surface area contributed by atoms with Crippen LogP contribution in [0.25, 0.3) is 0 Å². The molecule has 2 fully saturated rings. The van der Waals surface area contributed by atoms with Gasteiger partial charge in [-0.3, -0.25) is 9.59 Å².